The normalized spacial score (nSPS) is 11.7. The van der Waals surface area contributed by atoms with Crippen LogP contribution in [0.2, 0.25) is 0 Å². The van der Waals surface area contributed by atoms with Crippen molar-refractivity contribution < 1.29 is 13.2 Å². The van der Waals surface area contributed by atoms with Crippen LogP contribution in [0, 0.1) is 0 Å². The van der Waals surface area contributed by atoms with Gasteiger partial charge in [-0.3, -0.25) is 4.79 Å². The van der Waals surface area contributed by atoms with Gasteiger partial charge in [-0.2, -0.15) is 0 Å². The van der Waals surface area contributed by atoms with Crippen LogP contribution in [-0.2, 0) is 14.8 Å². The highest BCUT2D eigenvalue weighted by molar-refractivity contribution is 7.89. The summed E-state index contributed by atoms with van der Waals surface area (Å²) >= 11 is 0. The molecule has 0 aliphatic heterocycles. The van der Waals surface area contributed by atoms with Gasteiger partial charge in [-0.25, -0.2) is 13.1 Å². The number of sulfonamides is 1. The second kappa shape index (κ2) is 9.64. The van der Waals surface area contributed by atoms with Crippen LogP contribution in [0.4, 0.5) is 5.69 Å². The Morgan fingerprint density at radius 1 is 1.09 bits per heavy atom. The van der Waals surface area contributed by atoms with Crippen LogP contribution in [0.5, 0.6) is 0 Å². The van der Waals surface area contributed by atoms with E-state index >= 15 is 0 Å². The lowest BCUT2D eigenvalue weighted by molar-refractivity contribution is -0.114. The van der Waals surface area contributed by atoms with Crippen LogP contribution in [0.1, 0.15) is 33.6 Å². The minimum atomic E-state index is -3.49. The lowest BCUT2D eigenvalue weighted by atomic mass is 10.3. The molecule has 23 heavy (non-hydrogen) atoms. The number of rotatable bonds is 10. The van der Waals surface area contributed by atoms with Crippen LogP contribution in [-0.4, -0.2) is 45.4 Å². The highest BCUT2D eigenvalue weighted by atomic mass is 32.2. The van der Waals surface area contributed by atoms with E-state index in [-0.39, 0.29) is 10.8 Å². The third-order valence-electron chi connectivity index (χ3n) is 3.57. The standard InChI is InChI=1S/C16H27N3O3S/c1-4-19(5-2)13-7-6-12-17-23(21,22)16-10-8-15(9-11-16)18-14(3)20/h8-11,17H,4-7,12-13H2,1-3H3,(H,18,20). The summed E-state index contributed by atoms with van der Waals surface area (Å²) in [4.78, 5) is 13.5. The molecule has 1 amide bonds. The van der Waals surface area contributed by atoms with Gasteiger partial charge in [0.2, 0.25) is 15.9 Å². The lowest BCUT2D eigenvalue weighted by Gasteiger charge is -2.17. The number of hydrogen-bond donors (Lipinski definition) is 2. The van der Waals surface area contributed by atoms with Crippen molar-refractivity contribution in [3.8, 4) is 0 Å². The van der Waals surface area contributed by atoms with E-state index < -0.39 is 10.0 Å². The van der Waals surface area contributed by atoms with Crippen molar-refractivity contribution in [2.24, 2.45) is 0 Å². The molecule has 0 saturated carbocycles. The van der Waals surface area contributed by atoms with Gasteiger partial charge < -0.3 is 10.2 Å². The maximum Gasteiger partial charge on any atom is 0.240 e. The molecule has 7 heteroatoms. The maximum absolute atomic E-state index is 12.2. The molecule has 0 unspecified atom stereocenters. The number of benzene rings is 1. The van der Waals surface area contributed by atoms with E-state index in [9.17, 15) is 13.2 Å². The number of hydrogen-bond acceptors (Lipinski definition) is 4. The quantitative estimate of drug-likeness (QED) is 0.639. The molecule has 0 saturated heterocycles. The first-order valence-corrected chi connectivity index (χ1v) is 9.47. The number of unbranched alkanes of at least 4 members (excludes halogenated alkanes) is 1. The van der Waals surface area contributed by atoms with Crippen LogP contribution in [0.3, 0.4) is 0 Å². The lowest BCUT2D eigenvalue weighted by Crippen LogP contribution is -2.27. The zero-order chi connectivity index (χ0) is 17.3. The summed E-state index contributed by atoms with van der Waals surface area (Å²) in [7, 11) is -3.49. The molecule has 0 atom stereocenters. The zero-order valence-corrected chi connectivity index (χ0v) is 14.9. The highest BCUT2D eigenvalue weighted by Crippen LogP contribution is 2.14. The summed E-state index contributed by atoms with van der Waals surface area (Å²) in [5, 5.41) is 2.61. The predicted molar refractivity (Wildman–Crippen MR) is 93.0 cm³/mol. The summed E-state index contributed by atoms with van der Waals surface area (Å²) in [6.45, 7) is 9.10. The van der Waals surface area contributed by atoms with Gasteiger partial charge in [0, 0.05) is 19.2 Å². The number of anilines is 1. The Morgan fingerprint density at radius 3 is 2.22 bits per heavy atom. The van der Waals surface area contributed by atoms with Crippen molar-refractivity contribution in [2.75, 3.05) is 31.5 Å². The zero-order valence-electron chi connectivity index (χ0n) is 14.1. The maximum atomic E-state index is 12.2. The van der Waals surface area contributed by atoms with E-state index in [0.717, 1.165) is 32.5 Å². The molecule has 1 rings (SSSR count). The largest absolute Gasteiger partial charge is 0.326 e. The van der Waals surface area contributed by atoms with Gasteiger partial charge >= 0.3 is 0 Å². The van der Waals surface area contributed by atoms with E-state index in [1.54, 1.807) is 12.1 Å². The Hall–Kier alpha value is -1.44. The average Bonchev–Trinajstić information content (AvgIpc) is 2.51. The van der Waals surface area contributed by atoms with Crippen LogP contribution in [0.25, 0.3) is 0 Å². The van der Waals surface area contributed by atoms with Gasteiger partial charge in [-0.05, 0) is 56.7 Å². The number of carbonyl (C=O) groups is 1. The Morgan fingerprint density at radius 2 is 1.70 bits per heavy atom. The summed E-state index contributed by atoms with van der Waals surface area (Å²) in [5.41, 5.74) is 0.579. The first kappa shape index (κ1) is 19.6. The molecular formula is C16H27N3O3S. The van der Waals surface area contributed by atoms with E-state index in [2.05, 4.69) is 28.8 Å². The van der Waals surface area contributed by atoms with Gasteiger partial charge in [0.15, 0.2) is 0 Å². The van der Waals surface area contributed by atoms with Gasteiger partial charge in [-0.1, -0.05) is 13.8 Å². The molecule has 1 aromatic rings. The number of carbonyl (C=O) groups excluding carboxylic acids is 1. The fourth-order valence-corrected chi connectivity index (χ4v) is 3.28. The minimum absolute atomic E-state index is 0.188. The molecule has 0 fully saturated rings. The van der Waals surface area contributed by atoms with Crippen molar-refractivity contribution in [3.05, 3.63) is 24.3 Å². The van der Waals surface area contributed by atoms with Crippen molar-refractivity contribution >= 4 is 21.6 Å². The molecule has 0 radical (unpaired) electrons. The second-order valence-corrected chi connectivity index (χ2v) is 7.10. The number of nitrogens with one attached hydrogen (secondary N) is 2. The smallest absolute Gasteiger partial charge is 0.240 e. The SMILES string of the molecule is CCN(CC)CCCCNS(=O)(=O)c1ccc(NC(C)=O)cc1. The topological polar surface area (TPSA) is 78.5 Å². The summed E-state index contributed by atoms with van der Waals surface area (Å²) in [6.07, 6.45) is 1.77. The molecular weight excluding hydrogens is 314 g/mol. The van der Waals surface area contributed by atoms with E-state index in [1.165, 1.54) is 19.1 Å². The highest BCUT2D eigenvalue weighted by Gasteiger charge is 2.13. The van der Waals surface area contributed by atoms with Crippen molar-refractivity contribution in [2.45, 2.75) is 38.5 Å². The van der Waals surface area contributed by atoms with Gasteiger partial charge in [0.1, 0.15) is 0 Å². The molecule has 130 valence electrons. The average molecular weight is 341 g/mol. The van der Waals surface area contributed by atoms with Gasteiger partial charge in [-0.15, -0.1) is 0 Å². The number of nitrogens with zero attached hydrogens (tertiary/aromatic N) is 1. The fraction of sp³-hybridized carbons (Fsp3) is 0.562. The summed E-state index contributed by atoms with van der Waals surface area (Å²) in [6, 6.07) is 6.14. The molecule has 6 nitrogen and oxygen atoms in total. The van der Waals surface area contributed by atoms with Crippen LogP contribution >= 0.6 is 0 Å². The third-order valence-corrected chi connectivity index (χ3v) is 5.05. The molecule has 0 heterocycles. The third kappa shape index (κ3) is 7.11. The molecule has 0 aliphatic carbocycles. The molecule has 0 aliphatic rings. The van der Waals surface area contributed by atoms with E-state index in [1.807, 2.05) is 0 Å². The Labute approximate surface area is 139 Å². The Bertz CT molecular complexity index is 581. The van der Waals surface area contributed by atoms with Crippen LogP contribution in [0.15, 0.2) is 29.2 Å². The Balaban J connectivity index is 2.45. The minimum Gasteiger partial charge on any atom is -0.326 e. The Kier molecular flexibility index (Phi) is 8.22. The fourth-order valence-electron chi connectivity index (χ4n) is 2.21. The second-order valence-electron chi connectivity index (χ2n) is 5.34. The monoisotopic (exact) mass is 341 g/mol. The van der Waals surface area contributed by atoms with Gasteiger partial charge in [0.05, 0.1) is 4.90 Å². The first-order valence-electron chi connectivity index (χ1n) is 7.98. The summed E-state index contributed by atoms with van der Waals surface area (Å²) in [5.74, 6) is -0.188. The predicted octanol–water partition coefficient (Wildman–Crippen LogP) is 2.05. The van der Waals surface area contributed by atoms with E-state index in [0.29, 0.717) is 12.2 Å². The van der Waals surface area contributed by atoms with Crippen molar-refractivity contribution in [1.29, 1.82) is 0 Å². The molecule has 0 spiro atoms. The molecule has 0 bridgehead atoms. The number of amides is 1. The van der Waals surface area contributed by atoms with Crippen LogP contribution < -0.4 is 10.0 Å². The van der Waals surface area contributed by atoms with Crippen molar-refractivity contribution in [3.63, 3.8) is 0 Å². The van der Waals surface area contributed by atoms with E-state index in [4.69, 9.17) is 0 Å². The molecule has 1 aromatic carbocycles. The molecule has 0 aromatic heterocycles. The first-order chi connectivity index (χ1) is 10.9. The van der Waals surface area contributed by atoms with Gasteiger partial charge in [0.25, 0.3) is 0 Å². The van der Waals surface area contributed by atoms with Crippen molar-refractivity contribution in [1.82, 2.24) is 9.62 Å². The molecule has 2 N–H and O–H groups in total. The summed E-state index contributed by atoms with van der Waals surface area (Å²) < 4.78 is 26.9.